The van der Waals surface area contributed by atoms with E-state index < -0.39 is 0 Å². The van der Waals surface area contributed by atoms with Crippen LogP contribution in [0.15, 0.2) is 28.7 Å². The van der Waals surface area contributed by atoms with Crippen molar-refractivity contribution in [3.8, 4) is 0 Å². The Morgan fingerprint density at radius 1 is 1.38 bits per heavy atom. The number of hydrogen-bond donors (Lipinski definition) is 1. The van der Waals surface area contributed by atoms with E-state index in [9.17, 15) is 4.79 Å². The summed E-state index contributed by atoms with van der Waals surface area (Å²) in [6.45, 7) is 3.09. The van der Waals surface area contributed by atoms with Gasteiger partial charge in [-0.2, -0.15) is 0 Å². The maximum atomic E-state index is 12.5. The predicted octanol–water partition coefficient (Wildman–Crippen LogP) is 2.00. The molecular weight excluding hydrogens is 356 g/mol. The molecule has 6 heteroatoms. The molecule has 2 aliphatic rings. The first-order valence-corrected chi connectivity index (χ1v) is 7.90. The smallest absolute Gasteiger partial charge is 0.223 e. The van der Waals surface area contributed by atoms with Crippen LogP contribution in [0.2, 0.25) is 0 Å². The molecule has 2 heterocycles. The zero-order valence-electron chi connectivity index (χ0n) is 11.8. The third kappa shape index (κ3) is 3.77. The highest BCUT2D eigenvalue weighted by atomic mass is 79.9. The number of nitrogens with one attached hydrogen (secondary N) is 1. The van der Waals surface area contributed by atoms with Gasteiger partial charge in [-0.3, -0.25) is 4.79 Å². The second-order valence-electron chi connectivity index (χ2n) is 5.31. The molecular formula is C15H20BrClN2O2. The SMILES string of the molecule is Cl.O=C(CCc1ccccc1Br)N1CCO[C@H]2CNC[C@H]21. The maximum absolute atomic E-state index is 12.5. The molecule has 21 heavy (non-hydrogen) atoms. The molecule has 116 valence electrons. The minimum atomic E-state index is 0. The second kappa shape index (κ2) is 7.58. The predicted molar refractivity (Wildman–Crippen MR) is 87.8 cm³/mol. The highest BCUT2D eigenvalue weighted by Crippen LogP contribution is 2.21. The number of amides is 1. The second-order valence-corrected chi connectivity index (χ2v) is 6.17. The number of fused-ring (bicyclic) bond motifs is 1. The van der Waals surface area contributed by atoms with Crippen molar-refractivity contribution in [2.75, 3.05) is 26.2 Å². The van der Waals surface area contributed by atoms with Gasteiger partial charge in [0.05, 0.1) is 18.8 Å². The van der Waals surface area contributed by atoms with Gasteiger partial charge in [0.25, 0.3) is 0 Å². The van der Waals surface area contributed by atoms with Crippen LogP contribution in [0, 0.1) is 0 Å². The zero-order chi connectivity index (χ0) is 13.9. The molecule has 1 aromatic rings. The summed E-state index contributed by atoms with van der Waals surface area (Å²) in [6.07, 6.45) is 1.52. The topological polar surface area (TPSA) is 41.6 Å². The standard InChI is InChI=1S/C15H19BrN2O2.ClH/c16-12-4-2-1-3-11(12)5-6-15(19)18-7-8-20-14-10-17-9-13(14)18;/h1-4,13-14,17H,5-10H2;1H/t13-,14+;/m1./s1. The quantitative estimate of drug-likeness (QED) is 0.878. The summed E-state index contributed by atoms with van der Waals surface area (Å²) >= 11 is 3.53. The number of nitrogens with zero attached hydrogens (tertiary/aromatic N) is 1. The highest BCUT2D eigenvalue weighted by molar-refractivity contribution is 9.10. The molecule has 0 unspecified atom stereocenters. The maximum Gasteiger partial charge on any atom is 0.223 e. The van der Waals surface area contributed by atoms with Crippen molar-refractivity contribution in [2.24, 2.45) is 0 Å². The Morgan fingerprint density at radius 2 is 2.19 bits per heavy atom. The molecule has 2 saturated heterocycles. The summed E-state index contributed by atoms with van der Waals surface area (Å²) in [4.78, 5) is 14.5. The molecule has 0 bridgehead atoms. The minimum absolute atomic E-state index is 0. The van der Waals surface area contributed by atoms with Gasteiger partial charge in [0.1, 0.15) is 0 Å². The molecule has 1 amide bonds. The summed E-state index contributed by atoms with van der Waals surface area (Å²) in [6, 6.07) is 8.31. The Morgan fingerprint density at radius 3 is 3.00 bits per heavy atom. The Labute approximate surface area is 139 Å². The Kier molecular flexibility index (Phi) is 6.05. The van der Waals surface area contributed by atoms with Gasteiger partial charge in [0, 0.05) is 30.5 Å². The summed E-state index contributed by atoms with van der Waals surface area (Å²) in [7, 11) is 0. The molecule has 0 saturated carbocycles. The Bertz CT molecular complexity index is 500. The summed E-state index contributed by atoms with van der Waals surface area (Å²) in [5, 5.41) is 3.31. The number of aryl methyl sites for hydroxylation is 1. The van der Waals surface area contributed by atoms with Crippen molar-refractivity contribution in [2.45, 2.75) is 25.0 Å². The fourth-order valence-corrected chi connectivity index (χ4v) is 3.47. The van der Waals surface area contributed by atoms with Crippen LogP contribution >= 0.6 is 28.3 Å². The van der Waals surface area contributed by atoms with Crippen LogP contribution in [0.1, 0.15) is 12.0 Å². The van der Waals surface area contributed by atoms with Crippen LogP contribution in [0.5, 0.6) is 0 Å². The largest absolute Gasteiger partial charge is 0.373 e. The first kappa shape index (κ1) is 16.7. The van der Waals surface area contributed by atoms with Crippen molar-refractivity contribution in [1.29, 1.82) is 0 Å². The molecule has 0 aliphatic carbocycles. The van der Waals surface area contributed by atoms with E-state index in [-0.39, 0.29) is 30.5 Å². The summed E-state index contributed by atoms with van der Waals surface area (Å²) < 4.78 is 6.78. The van der Waals surface area contributed by atoms with Crippen molar-refractivity contribution >= 4 is 34.2 Å². The summed E-state index contributed by atoms with van der Waals surface area (Å²) in [5.41, 5.74) is 1.19. The van der Waals surface area contributed by atoms with Crippen LogP contribution in [-0.2, 0) is 16.0 Å². The zero-order valence-corrected chi connectivity index (χ0v) is 14.2. The molecule has 3 rings (SSSR count). The van der Waals surface area contributed by atoms with E-state index in [2.05, 4.69) is 27.3 Å². The number of carbonyl (C=O) groups excluding carboxylic acids is 1. The molecule has 1 N–H and O–H groups in total. The fraction of sp³-hybridized carbons (Fsp3) is 0.533. The Balaban J connectivity index is 0.00000161. The van der Waals surface area contributed by atoms with Gasteiger partial charge < -0.3 is 15.0 Å². The normalized spacial score (nSPS) is 24.3. The summed E-state index contributed by atoms with van der Waals surface area (Å²) in [5.74, 6) is 0.239. The van der Waals surface area contributed by atoms with Crippen molar-refractivity contribution in [3.63, 3.8) is 0 Å². The number of carbonyl (C=O) groups is 1. The van der Waals surface area contributed by atoms with Gasteiger partial charge in [-0.25, -0.2) is 0 Å². The van der Waals surface area contributed by atoms with E-state index in [1.807, 2.05) is 23.1 Å². The van der Waals surface area contributed by atoms with E-state index in [1.165, 1.54) is 5.56 Å². The van der Waals surface area contributed by atoms with E-state index in [4.69, 9.17) is 4.74 Å². The molecule has 1 aromatic carbocycles. The number of ether oxygens (including phenoxy) is 1. The molecule has 2 fully saturated rings. The lowest BCUT2D eigenvalue weighted by molar-refractivity contribution is -0.142. The number of morpholine rings is 1. The average molecular weight is 376 g/mol. The fourth-order valence-electron chi connectivity index (χ4n) is 2.99. The lowest BCUT2D eigenvalue weighted by atomic mass is 10.1. The first-order chi connectivity index (χ1) is 9.75. The van der Waals surface area contributed by atoms with Crippen molar-refractivity contribution in [1.82, 2.24) is 10.2 Å². The Hall–Kier alpha value is -0.620. The molecule has 4 nitrogen and oxygen atoms in total. The monoisotopic (exact) mass is 374 g/mol. The van der Waals surface area contributed by atoms with Crippen LogP contribution in [0.25, 0.3) is 0 Å². The molecule has 0 radical (unpaired) electrons. The molecule has 0 aromatic heterocycles. The number of halogens is 2. The lowest BCUT2D eigenvalue weighted by Gasteiger charge is -2.37. The van der Waals surface area contributed by atoms with Gasteiger partial charge in [-0.15, -0.1) is 12.4 Å². The number of benzene rings is 1. The van der Waals surface area contributed by atoms with Crippen LogP contribution in [0.4, 0.5) is 0 Å². The molecule has 2 atom stereocenters. The lowest BCUT2D eigenvalue weighted by Crippen LogP contribution is -2.53. The number of rotatable bonds is 3. The van der Waals surface area contributed by atoms with E-state index in [0.717, 1.165) is 30.5 Å². The molecule has 0 spiro atoms. The van der Waals surface area contributed by atoms with Gasteiger partial charge in [0.15, 0.2) is 0 Å². The van der Waals surface area contributed by atoms with Crippen molar-refractivity contribution in [3.05, 3.63) is 34.3 Å². The van der Waals surface area contributed by atoms with E-state index in [1.54, 1.807) is 0 Å². The van der Waals surface area contributed by atoms with Crippen molar-refractivity contribution < 1.29 is 9.53 Å². The van der Waals surface area contributed by atoms with Gasteiger partial charge in [-0.05, 0) is 18.1 Å². The van der Waals surface area contributed by atoms with Crippen LogP contribution in [0.3, 0.4) is 0 Å². The van der Waals surface area contributed by atoms with Crippen LogP contribution < -0.4 is 5.32 Å². The van der Waals surface area contributed by atoms with Gasteiger partial charge in [0.2, 0.25) is 5.91 Å². The van der Waals surface area contributed by atoms with Gasteiger partial charge in [-0.1, -0.05) is 34.1 Å². The minimum Gasteiger partial charge on any atom is -0.373 e. The average Bonchev–Trinajstić information content (AvgIpc) is 2.94. The van der Waals surface area contributed by atoms with Gasteiger partial charge >= 0.3 is 0 Å². The van der Waals surface area contributed by atoms with Crippen LogP contribution in [-0.4, -0.2) is 49.2 Å². The highest BCUT2D eigenvalue weighted by Gasteiger charge is 2.37. The number of hydrogen-bond acceptors (Lipinski definition) is 3. The van der Waals surface area contributed by atoms with E-state index in [0.29, 0.717) is 13.0 Å². The molecule has 2 aliphatic heterocycles. The third-order valence-electron chi connectivity index (χ3n) is 4.08. The first-order valence-electron chi connectivity index (χ1n) is 7.11. The third-order valence-corrected chi connectivity index (χ3v) is 4.85. The van der Waals surface area contributed by atoms with E-state index >= 15 is 0 Å².